The molecule has 14 heavy (non-hydrogen) atoms. The first-order chi connectivity index (χ1) is 6.91. The Hall–Kier alpha value is -3.08. The van der Waals surface area contributed by atoms with Crippen molar-refractivity contribution in [1.82, 2.24) is 0 Å². The molecule has 0 aromatic carbocycles. The smallest absolute Gasteiger partial charge is 0 e. The van der Waals surface area contributed by atoms with Crippen LogP contribution in [0.5, 0.6) is 0 Å². The van der Waals surface area contributed by atoms with Gasteiger partial charge in [0, 0.05) is 83.9 Å². The highest BCUT2D eigenvalue weighted by Gasteiger charge is 1.55. The Morgan fingerprint density at radius 3 is 0.786 bits per heavy atom. The molecule has 0 aromatic rings. The van der Waals surface area contributed by atoms with E-state index >= 15 is 0 Å². The second-order valence-corrected chi connectivity index (χ2v) is 1.50. The summed E-state index contributed by atoms with van der Waals surface area (Å²) in [6, 6.07) is 0. The number of hydrogen-bond acceptors (Lipinski definition) is 0. The minimum absolute atomic E-state index is 1.86. The molecule has 0 amide bonds. The quantitative estimate of drug-likeness (QED) is 0.453. The van der Waals surface area contributed by atoms with Gasteiger partial charge in [-0.05, 0) is 0 Å². The molecule has 0 atom stereocenters. The maximum absolute atomic E-state index is 6.43. The lowest BCUT2D eigenvalue weighted by molar-refractivity contribution is 2.34. The molecule has 0 unspecified atom stereocenters. The van der Waals surface area contributed by atoms with Crippen molar-refractivity contribution in [3.63, 3.8) is 0 Å². The van der Waals surface area contributed by atoms with Crippen LogP contribution in [-0.2, 0) is 0 Å². The summed E-state index contributed by atoms with van der Waals surface area (Å²) in [6.07, 6.45) is 12.9. The van der Waals surface area contributed by atoms with E-state index in [0.29, 0.717) is 0 Å². The van der Waals surface area contributed by atoms with Crippen LogP contribution in [-0.4, -0.2) is 0 Å². The molecule has 0 saturated carbocycles. The van der Waals surface area contributed by atoms with Crippen molar-refractivity contribution in [3.8, 4) is 71.0 Å². The lowest BCUT2D eigenvalue weighted by Crippen LogP contribution is -1.54. The van der Waals surface area contributed by atoms with E-state index in [4.69, 9.17) is 12.8 Å². The standard InChI is InChI=1S/C14/c1-3-5-7-9-11-13-14-12-10-8-6-4-2. The van der Waals surface area contributed by atoms with Crippen LogP contribution in [0.25, 0.3) is 0 Å². The Bertz CT molecular complexity index is 521. The van der Waals surface area contributed by atoms with Gasteiger partial charge in [-0.1, -0.05) is 0 Å². The zero-order valence-corrected chi connectivity index (χ0v) is 7.00. The molecule has 0 saturated heterocycles. The fourth-order valence-electron chi connectivity index (χ4n) is 0.312. The van der Waals surface area contributed by atoms with E-state index in [9.17, 15) is 0 Å². The van der Waals surface area contributed by atoms with Gasteiger partial charge in [0.25, 0.3) is 0 Å². The van der Waals surface area contributed by atoms with Gasteiger partial charge in [-0.15, -0.1) is 0 Å². The summed E-state index contributed by atoms with van der Waals surface area (Å²) in [7, 11) is 0. The molecular formula is C14. The summed E-state index contributed by atoms with van der Waals surface area (Å²) in [5.41, 5.74) is 0. The molecule has 0 aliphatic carbocycles. The SMILES string of the molecule is [C]#CC#CC#CC#CC#CC#CC#[C]. The predicted octanol–water partition coefficient (Wildman–Crippen LogP) is 0.183. The first-order valence-electron chi connectivity index (χ1n) is 3.25. The van der Waals surface area contributed by atoms with E-state index in [1.165, 1.54) is 0 Å². The first kappa shape index (κ1) is 10.9. The zero-order valence-electron chi connectivity index (χ0n) is 7.00. The van der Waals surface area contributed by atoms with E-state index in [1.54, 1.807) is 0 Å². The Kier molecular flexibility index (Phi) is 7.74. The van der Waals surface area contributed by atoms with Crippen LogP contribution in [0.2, 0.25) is 0 Å². The molecule has 56 valence electrons. The molecule has 0 heterocycles. The zero-order chi connectivity index (χ0) is 10.5. The van der Waals surface area contributed by atoms with Crippen molar-refractivity contribution in [1.29, 1.82) is 0 Å². The summed E-state index contributed by atoms with van der Waals surface area (Å²) < 4.78 is 0. The van der Waals surface area contributed by atoms with Gasteiger partial charge in [-0.25, -0.2) is 0 Å². The minimum Gasteiger partial charge on any atom is 0 e. The Morgan fingerprint density at radius 2 is 0.571 bits per heavy atom. The molecule has 0 N–H and O–H groups in total. The highest BCUT2D eigenvalue weighted by molar-refractivity contribution is 5.44. The fraction of sp³-hybridized carbons (Fsp3) is 0. The number of rotatable bonds is 0. The van der Waals surface area contributed by atoms with Crippen LogP contribution in [0, 0.1) is 83.9 Å². The summed E-state index contributed by atoms with van der Waals surface area (Å²) in [4.78, 5) is 0. The third-order valence-corrected chi connectivity index (χ3v) is 0.688. The van der Waals surface area contributed by atoms with Crippen molar-refractivity contribution in [3.05, 3.63) is 12.8 Å². The molecule has 0 aliphatic heterocycles. The van der Waals surface area contributed by atoms with E-state index in [0.717, 1.165) is 0 Å². The normalized spacial score (nSPS) is 3.57. The summed E-state index contributed by atoms with van der Waals surface area (Å²) in [5.74, 6) is 27.1. The molecule has 2 radical (unpaired) electrons. The van der Waals surface area contributed by atoms with E-state index in [2.05, 4.69) is 59.2 Å². The molecule has 0 aromatic heterocycles. The van der Waals surface area contributed by atoms with Crippen LogP contribution >= 0.6 is 0 Å². The minimum atomic E-state index is 1.86. The monoisotopic (exact) mass is 168 g/mol. The van der Waals surface area contributed by atoms with E-state index in [1.807, 2.05) is 11.8 Å². The summed E-state index contributed by atoms with van der Waals surface area (Å²) >= 11 is 0. The molecule has 0 spiro atoms. The molecule has 0 bridgehead atoms. The van der Waals surface area contributed by atoms with Crippen LogP contribution in [0.4, 0.5) is 0 Å². The van der Waals surface area contributed by atoms with Crippen molar-refractivity contribution < 1.29 is 0 Å². The Morgan fingerprint density at radius 1 is 0.357 bits per heavy atom. The lowest BCUT2D eigenvalue weighted by Gasteiger charge is -1.54. The van der Waals surface area contributed by atoms with Crippen LogP contribution in [0.1, 0.15) is 0 Å². The second kappa shape index (κ2) is 9.92. The van der Waals surface area contributed by atoms with Gasteiger partial charge < -0.3 is 0 Å². The Labute approximate surface area is 84.5 Å². The topological polar surface area (TPSA) is 0 Å². The molecule has 0 aliphatic rings. The van der Waals surface area contributed by atoms with Crippen molar-refractivity contribution in [2.45, 2.75) is 0 Å². The van der Waals surface area contributed by atoms with Gasteiger partial charge in [-0.2, -0.15) is 0 Å². The van der Waals surface area contributed by atoms with Crippen LogP contribution in [0.15, 0.2) is 0 Å². The largest absolute Gasteiger partial charge is 0 e. The van der Waals surface area contributed by atoms with Gasteiger partial charge >= 0.3 is 0 Å². The molecule has 0 fully saturated rings. The average Bonchev–Trinajstić information content (AvgIpc) is 2.21. The third kappa shape index (κ3) is 8.92. The van der Waals surface area contributed by atoms with Crippen molar-refractivity contribution in [2.75, 3.05) is 0 Å². The highest BCUT2D eigenvalue weighted by Crippen LogP contribution is 1.56. The summed E-state index contributed by atoms with van der Waals surface area (Å²) in [6.45, 7) is 0. The third-order valence-electron chi connectivity index (χ3n) is 0.688. The van der Waals surface area contributed by atoms with Gasteiger partial charge in [0.2, 0.25) is 0 Å². The van der Waals surface area contributed by atoms with E-state index < -0.39 is 0 Å². The predicted molar refractivity (Wildman–Crippen MR) is 53.1 cm³/mol. The van der Waals surface area contributed by atoms with Crippen LogP contribution < -0.4 is 0 Å². The molecular weight excluding hydrogens is 168 g/mol. The van der Waals surface area contributed by atoms with Gasteiger partial charge in [-0.3, -0.25) is 0 Å². The van der Waals surface area contributed by atoms with Crippen LogP contribution in [0.3, 0.4) is 0 Å². The molecule has 0 heteroatoms. The van der Waals surface area contributed by atoms with E-state index in [-0.39, 0.29) is 0 Å². The Balaban J connectivity index is 4.20. The average molecular weight is 168 g/mol. The lowest BCUT2D eigenvalue weighted by atomic mass is 10.5. The second-order valence-electron chi connectivity index (χ2n) is 1.50. The van der Waals surface area contributed by atoms with Gasteiger partial charge in [0.1, 0.15) is 0 Å². The highest BCUT2D eigenvalue weighted by atomic mass is 13.6. The van der Waals surface area contributed by atoms with Gasteiger partial charge in [0.15, 0.2) is 0 Å². The van der Waals surface area contributed by atoms with Gasteiger partial charge in [0.05, 0.1) is 0 Å². The van der Waals surface area contributed by atoms with Crippen molar-refractivity contribution >= 4 is 0 Å². The maximum Gasteiger partial charge on any atom is 0 e. The number of hydrogen-bond donors (Lipinski definition) is 0. The maximum atomic E-state index is 6.43. The van der Waals surface area contributed by atoms with Crippen molar-refractivity contribution in [2.24, 2.45) is 0 Å². The summed E-state index contributed by atoms with van der Waals surface area (Å²) in [5, 5.41) is 0. The fourth-order valence-corrected chi connectivity index (χ4v) is 0.312. The molecule has 0 nitrogen and oxygen atoms in total. The first-order valence-corrected chi connectivity index (χ1v) is 3.25. The molecule has 0 rings (SSSR count).